The topological polar surface area (TPSA) is 32.8 Å². The molecule has 2 aromatic rings. The van der Waals surface area contributed by atoms with Gasteiger partial charge in [-0.1, -0.05) is 24.3 Å². The van der Waals surface area contributed by atoms with E-state index in [1.54, 1.807) is 7.11 Å². The summed E-state index contributed by atoms with van der Waals surface area (Å²) in [5, 5.41) is 0. The fourth-order valence-corrected chi connectivity index (χ4v) is 3.91. The Balaban J connectivity index is 1.39. The molecule has 29 heavy (non-hydrogen) atoms. The summed E-state index contributed by atoms with van der Waals surface area (Å²) in [7, 11) is 3.54. The second kappa shape index (κ2) is 10.4. The molecule has 1 heterocycles. The number of likely N-dealkylation sites (N-methyl/N-ethyl adjacent to an activating group) is 1. The van der Waals surface area contributed by atoms with Crippen molar-refractivity contribution in [1.82, 2.24) is 9.80 Å². The predicted octanol–water partition coefficient (Wildman–Crippen LogP) is 3.79. The van der Waals surface area contributed by atoms with Crippen molar-refractivity contribution < 1.29 is 13.9 Å². The molecule has 5 heteroatoms. The molecule has 1 amide bonds. The molecule has 0 spiro atoms. The average Bonchev–Trinajstić information content (AvgIpc) is 2.74. The summed E-state index contributed by atoms with van der Waals surface area (Å²) >= 11 is 0. The fraction of sp³-hybridized carbons (Fsp3) is 0.458. The summed E-state index contributed by atoms with van der Waals surface area (Å²) < 4.78 is 18.2. The van der Waals surface area contributed by atoms with Gasteiger partial charge in [-0.05, 0) is 73.7 Å². The third kappa shape index (κ3) is 6.57. The second-order valence-corrected chi connectivity index (χ2v) is 7.96. The zero-order valence-electron chi connectivity index (χ0n) is 17.4. The van der Waals surface area contributed by atoms with Gasteiger partial charge in [-0.25, -0.2) is 4.39 Å². The quantitative estimate of drug-likeness (QED) is 0.678. The molecule has 0 unspecified atom stereocenters. The lowest BCUT2D eigenvalue weighted by Gasteiger charge is -2.34. The maximum absolute atomic E-state index is 13.0. The van der Waals surface area contributed by atoms with Gasteiger partial charge in [0, 0.05) is 20.1 Å². The van der Waals surface area contributed by atoms with Crippen LogP contribution in [-0.2, 0) is 17.6 Å². The number of carbonyl (C=O) groups excluding carboxylic acids is 1. The monoisotopic (exact) mass is 398 g/mol. The Morgan fingerprint density at radius 3 is 2.55 bits per heavy atom. The van der Waals surface area contributed by atoms with Crippen molar-refractivity contribution >= 4 is 5.91 Å². The lowest BCUT2D eigenvalue weighted by Crippen LogP contribution is -2.40. The highest BCUT2D eigenvalue weighted by atomic mass is 19.1. The number of nitrogens with zero attached hydrogens (tertiary/aromatic N) is 2. The summed E-state index contributed by atoms with van der Waals surface area (Å²) in [6, 6.07) is 14.5. The van der Waals surface area contributed by atoms with Gasteiger partial charge in [0.1, 0.15) is 11.6 Å². The number of halogens is 1. The highest BCUT2D eigenvalue weighted by molar-refractivity contribution is 5.78. The summed E-state index contributed by atoms with van der Waals surface area (Å²) in [5.74, 6) is 1.30. The van der Waals surface area contributed by atoms with Crippen molar-refractivity contribution in [3.05, 3.63) is 65.5 Å². The zero-order valence-corrected chi connectivity index (χ0v) is 17.4. The van der Waals surface area contributed by atoms with Gasteiger partial charge in [0.05, 0.1) is 13.5 Å². The number of piperidine rings is 1. The first-order valence-electron chi connectivity index (χ1n) is 10.4. The minimum atomic E-state index is -0.181. The molecule has 1 fully saturated rings. The molecule has 0 aromatic heterocycles. The van der Waals surface area contributed by atoms with Crippen LogP contribution in [0.25, 0.3) is 0 Å². The van der Waals surface area contributed by atoms with E-state index in [9.17, 15) is 9.18 Å². The van der Waals surface area contributed by atoms with Crippen LogP contribution in [0.2, 0.25) is 0 Å². The number of ether oxygens (including phenoxy) is 1. The average molecular weight is 399 g/mol. The molecule has 2 aromatic carbocycles. The van der Waals surface area contributed by atoms with Crippen LogP contribution in [0.3, 0.4) is 0 Å². The Bertz CT molecular complexity index is 786. The molecule has 0 radical (unpaired) electrons. The van der Waals surface area contributed by atoms with E-state index in [-0.39, 0.29) is 11.7 Å². The van der Waals surface area contributed by atoms with Crippen molar-refractivity contribution in [2.24, 2.45) is 5.92 Å². The zero-order chi connectivity index (χ0) is 20.6. The van der Waals surface area contributed by atoms with E-state index >= 15 is 0 Å². The molecule has 156 valence electrons. The Labute approximate surface area is 173 Å². The fourth-order valence-electron chi connectivity index (χ4n) is 3.91. The molecule has 0 bridgehead atoms. The van der Waals surface area contributed by atoms with Gasteiger partial charge in [0.2, 0.25) is 5.91 Å². The molecular formula is C24H31FN2O2. The smallest absolute Gasteiger partial charge is 0.226 e. The van der Waals surface area contributed by atoms with Gasteiger partial charge in [-0.15, -0.1) is 0 Å². The van der Waals surface area contributed by atoms with Crippen molar-refractivity contribution in [2.75, 3.05) is 40.3 Å². The molecular weight excluding hydrogens is 367 g/mol. The maximum Gasteiger partial charge on any atom is 0.226 e. The van der Waals surface area contributed by atoms with E-state index in [0.717, 1.165) is 56.8 Å². The second-order valence-electron chi connectivity index (χ2n) is 7.96. The maximum atomic E-state index is 13.0. The van der Waals surface area contributed by atoms with E-state index in [2.05, 4.69) is 4.90 Å². The van der Waals surface area contributed by atoms with Crippen LogP contribution in [0.1, 0.15) is 24.0 Å². The van der Waals surface area contributed by atoms with Crippen molar-refractivity contribution in [3.8, 4) is 5.75 Å². The lowest BCUT2D eigenvalue weighted by molar-refractivity contribution is -0.129. The molecule has 0 aliphatic carbocycles. The molecule has 0 saturated carbocycles. The van der Waals surface area contributed by atoms with Gasteiger partial charge in [-0.2, -0.15) is 0 Å². The number of hydrogen-bond acceptors (Lipinski definition) is 3. The number of rotatable bonds is 8. The van der Waals surface area contributed by atoms with Gasteiger partial charge < -0.3 is 14.5 Å². The Hall–Kier alpha value is -2.40. The van der Waals surface area contributed by atoms with Crippen LogP contribution in [0, 0.1) is 11.7 Å². The number of likely N-dealkylation sites (tertiary alicyclic amines) is 1. The predicted molar refractivity (Wildman–Crippen MR) is 114 cm³/mol. The first-order chi connectivity index (χ1) is 14.0. The minimum absolute atomic E-state index is 0.150. The molecule has 0 N–H and O–H groups in total. The van der Waals surface area contributed by atoms with E-state index in [0.29, 0.717) is 12.3 Å². The number of amides is 1. The number of methoxy groups -OCH3 is 1. The third-order valence-corrected chi connectivity index (χ3v) is 5.78. The van der Waals surface area contributed by atoms with Crippen LogP contribution < -0.4 is 4.74 Å². The highest BCUT2D eigenvalue weighted by Crippen LogP contribution is 2.19. The molecule has 1 saturated heterocycles. The van der Waals surface area contributed by atoms with Crippen LogP contribution in [-0.4, -0.2) is 56.0 Å². The van der Waals surface area contributed by atoms with Crippen LogP contribution in [0.5, 0.6) is 5.75 Å². The summed E-state index contributed by atoms with van der Waals surface area (Å²) in [4.78, 5) is 16.9. The van der Waals surface area contributed by atoms with Crippen LogP contribution in [0.4, 0.5) is 4.39 Å². The van der Waals surface area contributed by atoms with E-state index in [1.165, 1.54) is 17.7 Å². The van der Waals surface area contributed by atoms with Gasteiger partial charge >= 0.3 is 0 Å². The lowest BCUT2D eigenvalue weighted by atomic mass is 9.95. The third-order valence-electron chi connectivity index (χ3n) is 5.78. The number of carbonyl (C=O) groups is 1. The van der Waals surface area contributed by atoms with Crippen molar-refractivity contribution in [3.63, 3.8) is 0 Å². The molecule has 0 atom stereocenters. The molecule has 1 aliphatic rings. The van der Waals surface area contributed by atoms with Crippen LogP contribution in [0.15, 0.2) is 48.5 Å². The Morgan fingerprint density at radius 2 is 1.86 bits per heavy atom. The van der Waals surface area contributed by atoms with Gasteiger partial charge in [0.15, 0.2) is 0 Å². The first kappa shape index (κ1) is 21.3. The standard InChI is InChI=1S/C24H31FN2O2/c1-26(24(28)17-21-4-3-5-23(16-21)29-2)18-20-11-14-27(15-12-20)13-10-19-6-8-22(25)9-7-19/h3-9,16,20H,10-15,17-18H2,1-2H3. The number of hydrogen-bond donors (Lipinski definition) is 0. The van der Waals surface area contributed by atoms with Gasteiger partial charge in [0.25, 0.3) is 0 Å². The SMILES string of the molecule is COc1cccc(CC(=O)N(C)CC2CCN(CCc3ccc(F)cc3)CC2)c1. The first-order valence-corrected chi connectivity index (χ1v) is 10.4. The highest BCUT2D eigenvalue weighted by Gasteiger charge is 2.22. The van der Waals surface area contributed by atoms with E-state index < -0.39 is 0 Å². The Morgan fingerprint density at radius 1 is 1.14 bits per heavy atom. The summed E-state index contributed by atoms with van der Waals surface area (Å²) in [6.07, 6.45) is 3.58. The van der Waals surface area contributed by atoms with E-state index in [1.807, 2.05) is 48.3 Å². The molecule has 1 aliphatic heterocycles. The normalized spacial score (nSPS) is 15.3. The largest absolute Gasteiger partial charge is 0.497 e. The molecule has 3 rings (SSSR count). The number of benzene rings is 2. The van der Waals surface area contributed by atoms with Crippen molar-refractivity contribution in [2.45, 2.75) is 25.7 Å². The van der Waals surface area contributed by atoms with Gasteiger partial charge in [-0.3, -0.25) is 4.79 Å². The van der Waals surface area contributed by atoms with Crippen molar-refractivity contribution in [1.29, 1.82) is 0 Å². The summed E-state index contributed by atoms with van der Waals surface area (Å²) in [6.45, 7) is 3.94. The van der Waals surface area contributed by atoms with E-state index in [4.69, 9.17) is 4.74 Å². The Kier molecular flexibility index (Phi) is 7.64. The molecule has 4 nitrogen and oxygen atoms in total. The van der Waals surface area contributed by atoms with Crippen LogP contribution >= 0.6 is 0 Å². The minimum Gasteiger partial charge on any atom is -0.497 e. The summed E-state index contributed by atoms with van der Waals surface area (Å²) in [5.41, 5.74) is 2.16.